The zero-order valence-electron chi connectivity index (χ0n) is 16.2. The number of hydrogen-bond donors (Lipinski definition) is 1. The monoisotopic (exact) mass is 408 g/mol. The van der Waals surface area contributed by atoms with Crippen LogP contribution >= 0.6 is 11.7 Å². The minimum Gasteiger partial charge on any atom is -0.340 e. The van der Waals surface area contributed by atoms with Gasteiger partial charge in [0.1, 0.15) is 22.6 Å². The number of ketones is 1. The van der Waals surface area contributed by atoms with Crippen molar-refractivity contribution in [3.05, 3.63) is 40.4 Å². The standard InChI is InChI=1S/C20H20N6O2S/c1-11-7-15-16(24-29-23-15)8-14(11)22-19-9-17-18(10-21-19)25(2)20(28)26(17)12-3-5-13(27)6-4-12/h7-10,12H,3-6H2,1-2H3,(H,21,22). The van der Waals surface area contributed by atoms with Gasteiger partial charge in [0.05, 0.1) is 29.0 Å². The summed E-state index contributed by atoms with van der Waals surface area (Å²) in [4.78, 5) is 29.0. The number of pyridine rings is 1. The summed E-state index contributed by atoms with van der Waals surface area (Å²) in [6.07, 6.45) is 4.20. The molecular weight excluding hydrogens is 388 g/mol. The lowest BCUT2D eigenvalue weighted by Gasteiger charge is -2.22. The smallest absolute Gasteiger partial charge is 0.329 e. The Morgan fingerprint density at radius 1 is 1.07 bits per heavy atom. The molecule has 0 amide bonds. The molecule has 1 aromatic carbocycles. The molecular formula is C20H20N6O2S. The average molecular weight is 408 g/mol. The second-order valence-corrected chi connectivity index (χ2v) is 8.11. The summed E-state index contributed by atoms with van der Waals surface area (Å²) in [6.45, 7) is 2.01. The minimum absolute atomic E-state index is 0.0401. The van der Waals surface area contributed by atoms with Crippen LogP contribution in [0.5, 0.6) is 0 Å². The normalized spacial score (nSPS) is 15.4. The number of hydrogen-bond acceptors (Lipinski definition) is 7. The molecule has 0 radical (unpaired) electrons. The van der Waals surface area contributed by atoms with Gasteiger partial charge in [-0.3, -0.25) is 13.9 Å². The maximum Gasteiger partial charge on any atom is 0.329 e. The molecule has 1 aliphatic carbocycles. The first kappa shape index (κ1) is 18.0. The molecule has 0 atom stereocenters. The van der Waals surface area contributed by atoms with Gasteiger partial charge in [0, 0.05) is 37.7 Å². The quantitative estimate of drug-likeness (QED) is 0.558. The highest BCUT2D eigenvalue weighted by Crippen LogP contribution is 2.30. The molecule has 0 unspecified atom stereocenters. The Bertz CT molecular complexity index is 1310. The fraction of sp³-hybridized carbons (Fsp3) is 0.350. The van der Waals surface area contributed by atoms with Crippen LogP contribution < -0.4 is 11.0 Å². The molecule has 1 N–H and O–H groups in total. The number of anilines is 2. The highest BCUT2D eigenvalue weighted by Gasteiger charge is 2.24. The Kier molecular flexibility index (Phi) is 4.20. The van der Waals surface area contributed by atoms with Crippen molar-refractivity contribution in [1.29, 1.82) is 0 Å². The molecule has 0 saturated heterocycles. The van der Waals surface area contributed by atoms with Crippen LogP contribution in [0, 0.1) is 6.92 Å². The zero-order valence-corrected chi connectivity index (χ0v) is 17.0. The lowest BCUT2D eigenvalue weighted by molar-refractivity contribution is -0.120. The Morgan fingerprint density at radius 2 is 1.79 bits per heavy atom. The number of carbonyl (C=O) groups is 1. The van der Waals surface area contributed by atoms with Gasteiger partial charge in [-0.15, -0.1) is 0 Å². The summed E-state index contributed by atoms with van der Waals surface area (Å²) in [5.41, 5.74) is 5.23. The number of rotatable bonds is 3. The van der Waals surface area contributed by atoms with Crippen molar-refractivity contribution in [2.45, 2.75) is 38.6 Å². The summed E-state index contributed by atoms with van der Waals surface area (Å²) in [6, 6.07) is 5.91. The van der Waals surface area contributed by atoms with Gasteiger partial charge in [0.15, 0.2) is 0 Å². The van der Waals surface area contributed by atoms with E-state index in [-0.39, 0.29) is 17.5 Å². The van der Waals surface area contributed by atoms with E-state index in [1.165, 1.54) is 11.7 Å². The molecule has 1 aliphatic rings. The highest BCUT2D eigenvalue weighted by molar-refractivity contribution is 7.00. The SMILES string of the molecule is Cc1cc2nsnc2cc1Nc1cc2c(cn1)n(C)c(=O)n2C1CCC(=O)CC1. The van der Waals surface area contributed by atoms with Gasteiger partial charge in [-0.2, -0.15) is 8.75 Å². The van der Waals surface area contributed by atoms with Crippen molar-refractivity contribution in [2.75, 3.05) is 5.32 Å². The largest absolute Gasteiger partial charge is 0.340 e. The van der Waals surface area contributed by atoms with Crippen LogP contribution in [0.25, 0.3) is 22.1 Å². The summed E-state index contributed by atoms with van der Waals surface area (Å²) in [7, 11) is 1.76. The first-order chi connectivity index (χ1) is 14.0. The predicted molar refractivity (Wildman–Crippen MR) is 113 cm³/mol. The van der Waals surface area contributed by atoms with Crippen LogP contribution in [0.15, 0.2) is 29.2 Å². The highest BCUT2D eigenvalue weighted by atomic mass is 32.1. The first-order valence-corrected chi connectivity index (χ1v) is 10.3. The zero-order chi connectivity index (χ0) is 20.1. The van der Waals surface area contributed by atoms with Gasteiger partial charge < -0.3 is 5.32 Å². The Hall–Kier alpha value is -3.07. The van der Waals surface area contributed by atoms with E-state index in [2.05, 4.69) is 19.0 Å². The van der Waals surface area contributed by atoms with Crippen molar-refractivity contribution in [2.24, 2.45) is 7.05 Å². The van der Waals surface area contributed by atoms with Crippen LogP contribution in [0.2, 0.25) is 0 Å². The molecule has 1 fully saturated rings. The number of aromatic nitrogens is 5. The molecule has 9 heteroatoms. The Labute approximate surface area is 170 Å². The molecule has 4 aromatic rings. The van der Waals surface area contributed by atoms with E-state index in [1.54, 1.807) is 17.8 Å². The molecule has 8 nitrogen and oxygen atoms in total. The minimum atomic E-state index is -0.0653. The molecule has 3 heterocycles. The lowest BCUT2D eigenvalue weighted by atomic mass is 9.94. The van der Waals surface area contributed by atoms with Crippen molar-refractivity contribution in [3.8, 4) is 0 Å². The third-order valence-corrected chi connectivity index (χ3v) is 6.27. The lowest BCUT2D eigenvalue weighted by Crippen LogP contribution is -2.28. The third kappa shape index (κ3) is 3.02. The number of fused-ring (bicyclic) bond motifs is 2. The van der Waals surface area contributed by atoms with E-state index in [0.29, 0.717) is 31.5 Å². The van der Waals surface area contributed by atoms with Gasteiger partial charge in [0.25, 0.3) is 0 Å². The van der Waals surface area contributed by atoms with Crippen LogP contribution in [0.1, 0.15) is 37.3 Å². The van der Waals surface area contributed by atoms with Gasteiger partial charge >= 0.3 is 5.69 Å². The van der Waals surface area contributed by atoms with Gasteiger partial charge in [-0.25, -0.2) is 9.78 Å². The summed E-state index contributed by atoms with van der Waals surface area (Å²) >= 11 is 1.19. The van der Waals surface area contributed by atoms with E-state index < -0.39 is 0 Å². The molecule has 0 aliphatic heterocycles. The summed E-state index contributed by atoms with van der Waals surface area (Å²) in [5, 5.41) is 3.36. The van der Waals surface area contributed by atoms with Crippen LogP contribution in [0.3, 0.4) is 0 Å². The van der Waals surface area contributed by atoms with E-state index >= 15 is 0 Å². The maximum atomic E-state index is 12.9. The molecule has 148 valence electrons. The van der Waals surface area contributed by atoms with Crippen molar-refractivity contribution >= 4 is 51.1 Å². The van der Waals surface area contributed by atoms with Gasteiger partial charge in [-0.05, 0) is 37.5 Å². The number of Topliss-reactive ketones (excluding diaryl/α,β-unsaturated/α-hetero) is 1. The van der Waals surface area contributed by atoms with Crippen LogP contribution in [-0.2, 0) is 11.8 Å². The van der Waals surface area contributed by atoms with E-state index in [4.69, 9.17) is 0 Å². The molecule has 1 saturated carbocycles. The molecule has 5 rings (SSSR count). The maximum absolute atomic E-state index is 12.9. The molecule has 0 bridgehead atoms. The van der Waals surface area contributed by atoms with Crippen LogP contribution in [0.4, 0.5) is 11.5 Å². The second kappa shape index (κ2) is 6.77. The van der Waals surface area contributed by atoms with Gasteiger partial charge in [0.2, 0.25) is 0 Å². The number of aryl methyl sites for hydroxylation is 2. The molecule has 0 spiro atoms. The van der Waals surface area contributed by atoms with Crippen molar-refractivity contribution in [3.63, 3.8) is 0 Å². The Balaban J connectivity index is 1.57. The van der Waals surface area contributed by atoms with E-state index in [1.807, 2.05) is 29.7 Å². The second-order valence-electron chi connectivity index (χ2n) is 7.58. The van der Waals surface area contributed by atoms with Crippen molar-refractivity contribution < 1.29 is 4.79 Å². The third-order valence-electron chi connectivity index (χ3n) is 5.72. The molecule has 29 heavy (non-hydrogen) atoms. The fourth-order valence-electron chi connectivity index (χ4n) is 4.07. The predicted octanol–water partition coefficient (Wildman–Crippen LogP) is 3.48. The summed E-state index contributed by atoms with van der Waals surface area (Å²) in [5.74, 6) is 0.940. The van der Waals surface area contributed by atoms with E-state index in [0.717, 1.165) is 33.3 Å². The topological polar surface area (TPSA) is 94.7 Å². The number of benzene rings is 1. The van der Waals surface area contributed by atoms with Gasteiger partial charge in [-0.1, -0.05) is 0 Å². The van der Waals surface area contributed by atoms with E-state index in [9.17, 15) is 9.59 Å². The Morgan fingerprint density at radius 3 is 2.55 bits per heavy atom. The number of nitrogens with one attached hydrogen (secondary N) is 1. The number of nitrogens with zero attached hydrogens (tertiary/aromatic N) is 5. The van der Waals surface area contributed by atoms with Crippen molar-refractivity contribution in [1.82, 2.24) is 22.9 Å². The summed E-state index contributed by atoms with van der Waals surface area (Å²) < 4.78 is 12.0. The fourth-order valence-corrected chi connectivity index (χ4v) is 4.58. The first-order valence-electron chi connectivity index (χ1n) is 9.60. The van der Waals surface area contributed by atoms with Crippen LogP contribution in [-0.4, -0.2) is 28.6 Å². The number of carbonyl (C=O) groups excluding carboxylic acids is 1. The number of imidazole rings is 1. The average Bonchev–Trinajstić information content (AvgIpc) is 3.25. The molecule has 3 aromatic heterocycles.